The highest BCUT2D eigenvalue weighted by Crippen LogP contribution is 2.15. The molecule has 2 rings (SSSR count). The third-order valence-corrected chi connectivity index (χ3v) is 3.49. The average Bonchev–Trinajstić information content (AvgIpc) is 2.47. The summed E-state index contributed by atoms with van der Waals surface area (Å²) in [5, 5.41) is 3.25. The van der Waals surface area contributed by atoms with Crippen molar-refractivity contribution in [2.45, 2.75) is 26.7 Å². The average molecular weight is 280 g/mol. The zero-order chi connectivity index (χ0) is 14.4. The number of aromatic nitrogens is 3. The van der Waals surface area contributed by atoms with E-state index in [1.165, 1.54) is 6.42 Å². The van der Waals surface area contributed by atoms with Crippen molar-refractivity contribution >= 4 is 17.8 Å². The van der Waals surface area contributed by atoms with Gasteiger partial charge in [-0.25, -0.2) is 0 Å². The highest BCUT2D eigenvalue weighted by Gasteiger charge is 2.15. The van der Waals surface area contributed by atoms with Gasteiger partial charge in [0.25, 0.3) is 0 Å². The van der Waals surface area contributed by atoms with Crippen LogP contribution >= 0.6 is 0 Å². The van der Waals surface area contributed by atoms with Gasteiger partial charge in [-0.05, 0) is 32.6 Å². The van der Waals surface area contributed by atoms with Crippen LogP contribution in [0.1, 0.15) is 26.7 Å². The van der Waals surface area contributed by atoms with Crippen molar-refractivity contribution in [3.63, 3.8) is 0 Å². The Morgan fingerprint density at radius 1 is 1.30 bits per heavy atom. The molecule has 7 nitrogen and oxygen atoms in total. The summed E-state index contributed by atoms with van der Waals surface area (Å²) in [4.78, 5) is 14.8. The monoisotopic (exact) mass is 280 g/mol. The molecule has 0 amide bonds. The van der Waals surface area contributed by atoms with Crippen LogP contribution in [0.2, 0.25) is 0 Å². The van der Waals surface area contributed by atoms with Crippen LogP contribution in [-0.4, -0.2) is 47.8 Å². The molecule has 1 aromatic rings. The first-order valence-corrected chi connectivity index (χ1v) is 7.31. The SMILES string of the molecule is CCN(CC)c1nc(N)nc(NCC2CCCOC2)n1. The second kappa shape index (κ2) is 7.23. The van der Waals surface area contributed by atoms with Crippen LogP contribution < -0.4 is 16.0 Å². The zero-order valence-corrected chi connectivity index (χ0v) is 12.3. The van der Waals surface area contributed by atoms with Crippen LogP contribution in [0, 0.1) is 5.92 Å². The number of rotatable bonds is 6. The second-order valence-electron chi connectivity index (χ2n) is 4.95. The molecule has 1 aromatic heterocycles. The van der Waals surface area contributed by atoms with E-state index in [1.54, 1.807) is 0 Å². The van der Waals surface area contributed by atoms with Gasteiger partial charge in [-0.15, -0.1) is 0 Å². The smallest absolute Gasteiger partial charge is 0.231 e. The van der Waals surface area contributed by atoms with Gasteiger partial charge in [0.05, 0.1) is 6.61 Å². The largest absolute Gasteiger partial charge is 0.381 e. The Kier molecular flexibility index (Phi) is 5.34. The van der Waals surface area contributed by atoms with Crippen molar-refractivity contribution in [3.05, 3.63) is 0 Å². The molecule has 0 aromatic carbocycles. The van der Waals surface area contributed by atoms with Gasteiger partial charge in [0.15, 0.2) is 0 Å². The fourth-order valence-electron chi connectivity index (χ4n) is 2.31. The third-order valence-electron chi connectivity index (χ3n) is 3.49. The molecule has 20 heavy (non-hydrogen) atoms. The number of nitrogens with one attached hydrogen (secondary N) is 1. The lowest BCUT2D eigenvalue weighted by Gasteiger charge is -2.23. The molecule has 2 heterocycles. The first-order chi connectivity index (χ1) is 9.72. The maximum absolute atomic E-state index is 5.76. The Hall–Kier alpha value is -1.63. The Morgan fingerprint density at radius 3 is 2.75 bits per heavy atom. The highest BCUT2D eigenvalue weighted by molar-refractivity contribution is 5.41. The Labute approximate surface area is 119 Å². The summed E-state index contributed by atoms with van der Waals surface area (Å²) in [5.74, 6) is 1.94. The van der Waals surface area contributed by atoms with Crippen molar-refractivity contribution in [3.8, 4) is 0 Å². The first kappa shape index (κ1) is 14.8. The number of ether oxygens (including phenoxy) is 1. The van der Waals surface area contributed by atoms with Crippen LogP contribution in [-0.2, 0) is 4.74 Å². The van der Waals surface area contributed by atoms with Crippen molar-refractivity contribution in [2.75, 3.05) is 48.8 Å². The molecule has 1 aliphatic heterocycles. The lowest BCUT2D eigenvalue weighted by Crippen LogP contribution is -2.27. The van der Waals surface area contributed by atoms with Crippen molar-refractivity contribution < 1.29 is 4.74 Å². The van der Waals surface area contributed by atoms with Crippen molar-refractivity contribution in [1.82, 2.24) is 15.0 Å². The van der Waals surface area contributed by atoms with Gasteiger partial charge >= 0.3 is 0 Å². The maximum atomic E-state index is 5.76. The molecule has 0 spiro atoms. The number of nitrogens with zero attached hydrogens (tertiary/aromatic N) is 4. The number of anilines is 3. The minimum absolute atomic E-state index is 0.254. The quantitative estimate of drug-likeness (QED) is 0.807. The van der Waals surface area contributed by atoms with Gasteiger partial charge in [-0.1, -0.05) is 0 Å². The predicted molar refractivity (Wildman–Crippen MR) is 79.8 cm³/mol. The molecule has 1 saturated heterocycles. The summed E-state index contributed by atoms with van der Waals surface area (Å²) in [6.45, 7) is 8.30. The lowest BCUT2D eigenvalue weighted by molar-refractivity contribution is 0.0594. The fraction of sp³-hybridized carbons (Fsp3) is 0.769. The van der Waals surface area contributed by atoms with E-state index in [2.05, 4.69) is 34.1 Å². The number of hydrogen-bond acceptors (Lipinski definition) is 7. The summed E-state index contributed by atoms with van der Waals surface area (Å²) in [7, 11) is 0. The molecule has 112 valence electrons. The van der Waals surface area contributed by atoms with Crippen LogP contribution in [0.3, 0.4) is 0 Å². The molecule has 7 heteroatoms. The molecular formula is C13H24N6O. The van der Waals surface area contributed by atoms with Crippen LogP contribution in [0.4, 0.5) is 17.8 Å². The molecule has 0 radical (unpaired) electrons. The highest BCUT2D eigenvalue weighted by atomic mass is 16.5. The zero-order valence-electron chi connectivity index (χ0n) is 12.3. The third kappa shape index (κ3) is 3.93. The van der Waals surface area contributed by atoms with E-state index in [0.717, 1.165) is 39.3 Å². The first-order valence-electron chi connectivity index (χ1n) is 7.31. The molecule has 1 unspecified atom stereocenters. The van der Waals surface area contributed by atoms with Crippen LogP contribution in [0.25, 0.3) is 0 Å². The van der Waals surface area contributed by atoms with Gasteiger partial charge in [-0.2, -0.15) is 15.0 Å². The van der Waals surface area contributed by atoms with E-state index >= 15 is 0 Å². The van der Waals surface area contributed by atoms with Crippen LogP contribution in [0.5, 0.6) is 0 Å². The van der Waals surface area contributed by atoms with E-state index in [1.807, 2.05) is 4.90 Å². The van der Waals surface area contributed by atoms with Crippen LogP contribution in [0.15, 0.2) is 0 Å². The number of nitrogens with two attached hydrogens (primary N) is 1. The Morgan fingerprint density at radius 2 is 2.10 bits per heavy atom. The molecule has 1 atom stereocenters. The van der Waals surface area contributed by atoms with E-state index in [0.29, 0.717) is 17.8 Å². The molecule has 3 N–H and O–H groups in total. The summed E-state index contributed by atoms with van der Waals surface area (Å²) in [5.41, 5.74) is 5.76. The summed E-state index contributed by atoms with van der Waals surface area (Å²) in [6.07, 6.45) is 2.30. The minimum Gasteiger partial charge on any atom is -0.381 e. The predicted octanol–water partition coefficient (Wildman–Crippen LogP) is 1.14. The normalized spacial score (nSPS) is 18.8. The maximum Gasteiger partial charge on any atom is 0.231 e. The molecule has 1 aliphatic rings. The van der Waals surface area contributed by atoms with Crippen molar-refractivity contribution in [2.24, 2.45) is 5.92 Å². The van der Waals surface area contributed by atoms with E-state index < -0.39 is 0 Å². The Balaban J connectivity index is 1.99. The lowest BCUT2D eigenvalue weighted by atomic mass is 10.0. The van der Waals surface area contributed by atoms with Gasteiger partial charge in [0, 0.05) is 26.2 Å². The molecule has 0 bridgehead atoms. The Bertz CT molecular complexity index is 417. The number of nitrogen functional groups attached to an aromatic ring is 1. The van der Waals surface area contributed by atoms with Gasteiger partial charge in [0.2, 0.25) is 17.8 Å². The van der Waals surface area contributed by atoms with Gasteiger partial charge in [0.1, 0.15) is 0 Å². The number of hydrogen-bond donors (Lipinski definition) is 2. The molecular weight excluding hydrogens is 256 g/mol. The molecule has 0 aliphatic carbocycles. The summed E-state index contributed by atoms with van der Waals surface area (Å²) < 4.78 is 5.46. The van der Waals surface area contributed by atoms with E-state index in [-0.39, 0.29) is 5.95 Å². The van der Waals surface area contributed by atoms with E-state index in [9.17, 15) is 0 Å². The summed E-state index contributed by atoms with van der Waals surface area (Å²) in [6, 6.07) is 0. The molecule has 1 fully saturated rings. The summed E-state index contributed by atoms with van der Waals surface area (Å²) >= 11 is 0. The van der Waals surface area contributed by atoms with Crippen molar-refractivity contribution in [1.29, 1.82) is 0 Å². The van der Waals surface area contributed by atoms with E-state index in [4.69, 9.17) is 10.5 Å². The topological polar surface area (TPSA) is 89.2 Å². The van der Waals surface area contributed by atoms with Gasteiger partial charge < -0.3 is 20.7 Å². The molecule has 0 saturated carbocycles. The standard InChI is InChI=1S/C13H24N6O/c1-3-19(4-2)13-17-11(14)16-12(18-13)15-8-10-6-5-7-20-9-10/h10H,3-9H2,1-2H3,(H3,14,15,16,17,18). The second-order valence-corrected chi connectivity index (χ2v) is 4.95. The minimum atomic E-state index is 0.254. The van der Waals surface area contributed by atoms with Gasteiger partial charge in [-0.3, -0.25) is 0 Å². The fourth-order valence-corrected chi connectivity index (χ4v) is 2.31.